The Labute approximate surface area is 223 Å². The van der Waals surface area contributed by atoms with E-state index in [-0.39, 0.29) is 16.3 Å². The normalized spacial score (nSPS) is 11.4. The average molecular weight is 528 g/mol. The number of thioether (sulfide) groups is 1. The Balaban J connectivity index is 1.71. The van der Waals surface area contributed by atoms with Gasteiger partial charge in [0.1, 0.15) is 11.1 Å². The minimum absolute atomic E-state index is 0.00624. The lowest BCUT2D eigenvalue weighted by atomic mass is 9.98. The standard InChI is InChI=1S/C29H22ClN3O3S/c1-17-8-10-19(11-9-17)22-15-25(20-6-4-3-5-7-20)33-28(23(22)16-31)37-18(2)27(34)32-26-14-21(29(35)36)12-13-24(26)30/h3-15,18H,1-2H3,(H,32,34)(H,35,36). The van der Waals surface area contributed by atoms with Gasteiger partial charge in [-0.2, -0.15) is 5.26 Å². The highest BCUT2D eigenvalue weighted by atomic mass is 35.5. The van der Waals surface area contributed by atoms with E-state index in [1.54, 1.807) is 6.92 Å². The molecule has 0 radical (unpaired) electrons. The third kappa shape index (κ3) is 6.00. The van der Waals surface area contributed by atoms with Crippen molar-refractivity contribution in [2.75, 3.05) is 5.32 Å². The van der Waals surface area contributed by atoms with E-state index in [0.717, 1.165) is 34.0 Å². The number of rotatable bonds is 7. The van der Waals surface area contributed by atoms with Crippen molar-refractivity contribution in [1.82, 2.24) is 4.98 Å². The number of carboxylic acids is 1. The van der Waals surface area contributed by atoms with Crippen molar-refractivity contribution < 1.29 is 14.7 Å². The fraction of sp³-hybridized carbons (Fsp3) is 0.103. The monoisotopic (exact) mass is 527 g/mol. The molecule has 0 aliphatic carbocycles. The fourth-order valence-electron chi connectivity index (χ4n) is 3.64. The molecule has 0 spiro atoms. The molecule has 4 rings (SSSR count). The highest BCUT2D eigenvalue weighted by molar-refractivity contribution is 8.00. The first kappa shape index (κ1) is 26.0. The van der Waals surface area contributed by atoms with Crippen LogP contribution in [0.5, 0.6) is 0 Å². The largest absolute Gasteiger partial charge is 0.478 e. The summed E-state index contributed by atoms with van der Waals surface area (Å²) in [7, 11) is 0. The minimum atomic E-state index is -1.13. The summed E-state index contributed by atoms with van der Waals surface area (Å²) in [6.07, 6.45) is 0. The van der Waals surface area contributed by atoms with Crippen LogP contribution in [0.4, 0.5) is 5.69 Å². The molecular formula is C29H22ClN3O3S. The number of aromatic nitrogens is 1. The SMILES string of the molecule is Cc1ccc(-c2cc(-c3ccccc3)nc(SC(C)C(=O)Nc3cc(C(=O)O)ccc3Cl)c2C#N)cc1. The van der Waals surface area contributed by atoms with E-state index in [4.69, 9.17) is 16.6 Å². The third-order valence-corrected chi connectivity index (χ3v) is 7.07. The van der Waals surface area contributed by atoms with Crippen LogP contribution in [-0.2, 0) is 4.79 Å². The second-order valence-electron chi connectivity index (χ2n) is 8.33. The Kier molecular flexibility index (Phi) is 7.92. The number of carbonyl (C=O) groups excluding carboxylic acids is 1. The Morgan fingerprint density at radius 1 is 1.03 bits per heavy atom. The van der Waals surface area contributed by atoms with Gasteiger partial charge in [0, 0.05) is 11.1 Å². The Hall–Kier alpha value is -4.12. The first-order valence-corrected chi connectivity index (χ1v) is 12.6. The van der Waals surface area contributed by atoms with E-state index in [1.807, 2.05) is 67.6 Å². The molecule has 4 aromatic rings. The number of hydrogen-bond acceptors (Lipinski definition) is 5. The summed E-state index contributed by atoms with van der Waals surface area (Å²) in [4.78, 5) is 29.1. The number of pyridine rings is 1. The van der Waals surface area contributed by atoms with Gasteiger partial charge in [-0.1, -0.05) is 83.5 Å². The zero-order valence-corrected chi connectivity index (χ0v) is 21.6. The second-order valence-corrected chi connectivity index (χ2v) is 10.1. The molecule has 0 aliphatic rings. The fourth-order valence-corrected chi connectivity index (χ4v) is 4.73. The maximum absolute atomic E-state index is 13.0. The first-order chi connectivity index (χ1) is 17.8. The molecular weight excluding hydrogens is 506 g/mol. The molecule has 2 N–H and O–H groups in total. The smallest absolute Gasteiger partial charge is 0.335 e. The number of anilines is 1. The van der Waals surface area contributed by atoms with E-state index >= 15 is 0 Å². The summed E-state index contributed by atoms with van der Waals surface area (Å²) in [6, 6.07) is 25.8. The van der Waals surface area contributed by atoms with E-state index in [1.165, 1.54) is 18.2 Å². The van der Waals surface area contributed by atoms with Crippen molar-refractivity contribution in [2.24, 2.45) is 0 Å². The van der Waals surface area contributed by atoms with E-state index in [2.05, 4.69) is 11.4 Å². The lowest BCUT2D eigenvalue weighted by molar-refractivity contribution is -0.115. The van der Waals surface area contributed by atoms with Gasteiger partial charge in [-0.05, 0) is 43.7 Å². The number of carboxylic acid groups (broad SMARTS) is 1. The second kappa shape index (κ2) is 11.3. The number of aryl methyl sites for hydroxylation is 1. The van der Waals surface area contributed by atoms with Gasteiger partial charge >= 0.3 is 5.97 Å². The molecule has 184 valence electrons. The molecule has 1 unspecified atom stereocenters. The van der Waals surface area contributed by atoms with E-state index in [0.29, 0.717) is 16.3 Å². The van der Waals surface area contributed by atoms with Gasteiger partial charge < -0.3 is 10.4 Å². The van der Waals surface area contributed by atoms with Crippen LogP contribution in [0.2, 0.25) is 5.02 Å². The summed E-state index contributed by atoms with van der Waals surface area (Å²) in [5, 5.41) is 22.0. The van der Waals surface area contributed by atoms with Crippen LogP contribution in [-0.4, -0.2) is 27.2 Å². The summed E-state index contributed by atoms with van der Waals surface area (Å²) in [6.45, 7) is 3.69. The van der Waals surface area contributed by atoms with Crippen LogP contribution in [0.3, 0.4) is 0 Å². The summed E-state index contributed by atoms with van der Waals surface area (Å²) >= 11 is 7.33. The lowest BCUT2D eigenvalue weighted by Crippen LogP contribution is -2.23. The molecule has 0 bridgehead atoms. The van der Waals surface area contributed by atoms with Crippen molar-refractivity contribution in [3.63, 3.8) is 0 Å². The van der Waals surface area contributed by atoms with Crippen LogP contribution in [0.25, 0.3) is 22.4 Å². The number of benzene rings is 3. The molecule has 0 aliphatic heterocycles. The van der Waals surface area contributed by atoms with Gasteiger partial charge in [-0.15, -0.1) is 0 Å². The van der Waals surface area contributed by atoms with Crippen molar-refractivity contribution in [3.8, 4) is 28.5 Å². The van der Waals surface area contributed by atoms with Gasteiger partial charge in [0.2, 0.25) is 5.91 Å². The zero-order chi connectivity index (χ0) is 26.5. The van der Waals surface area contributed by atoms with Crippen LogP contribution in [0, 0.1) is 18.3 Å². The number of nitrogens with one attached hydrogen (secondary N) is 1. The predicted octanol–water partition coefficient (Wildman–Crippen LogP) is 7.07. The number of amides is 1. The van der Waals surface area contributed by atoms with E-state index in [9.17, 15) is 20.0 Å². The third-order valence-electron chi connectivity index (χ3n) is 5.66. The molecule has 1 atom stereocenters. The van der Waals surface area contributed by atoms with Crippen LogP contribution < -0.4 is 5.32 Å². The maximum Gasteiger partial charge on any atom is 0.335 e. The van der Waals surface area contributed by atoms with Gasteiger partial charge in [-0.3, -0.25) is 4.79 Å². The molecule has 0 saturated heterocycles. The van der Waals surface area contributed by atoms with Gasteiger partial charge in [-0.25, -0.2) is 9.78 Å². The van der Waals surface area contributed by atoms with Gasteiger partial charge in [0.25, 0.3) is 0 Å². The van der Waals surface area contributed by atoms with Crippen LogP contribution >= 0.6 is 23.4 Å². The van der Waals surface area contributed by atoms with Crippen molar-refractivity contribution in [3.05, 3.63) is 101 Å². The molecule has 8 heteroatoms. The molecule has 1 aromatic heterocycles. The summed E-state index contributed by atoms with van der Waals surface area (Å²) < 4.78 is 0. The molecule has 37 heavy (non-hydrogen) atoms. The molecule has 3 aromatic carbocycles. The average Bonchev–Trinajstić information content (AvgIpc) is 2.90. The lowest BCUT2D eigenvalue weighted by Gasteiger charge is -2.16. The van der Waals surface area contributed by atoms with Crippen molar-refractivity contribution in [2.45, 2.75) is 24.1 Å². The molecule has 0 saturated carbocycles. The van der Waals surface area contributed by atoms with Gasteiger partial charge in [0.15, 0.2) is 0 Å². The number of carbonyl (C=O) groups is 2. The zero-order valence-electron chi connectivity index (χ0n) is 20.0. The summed E-state index contributed by atoms with van der Waals surface area (Å²) in [5.74, 6) is -1.53. The Morgan fingerprint density at radius 3 is 2.38 bits per heavy atom. The van der Waals surface area contributed by atoms with Crippen LogP contribution in [0.1, 0.15) is 28.4 Å². The van der Waals surface area contributed by atoms with Gasteiger partial charge in [0.05, 0.1) is 32.8 Å². The number of aromatic carboxylic acids is 1. The Morgan fingerprint density at radius 2 is 1.73 bits per heavy atom. The van der Waals surface area contributed by atoms with Crippen molar-refractivity contribution in [1.29, 1.82) is 5.26 Å². The highest BCUT2D eigenvalue weighted by Gasteiger charge is 2.22. The topological polar surface area (TPSA) is 103 Å². The quantitative estimate of drug-likeness (QED) is 0.249. The number of halogens is 1. The molecule has 6 nitrogen and oxygen atoms in total. The minimum Gasteiger partial charge on any atom is -0.478 e. The number of nitriles is 1. The van der Waals surface area contributed by atoms with Crippen molar-refractivity contribution >= 4 is 40.9 Å². The first-order valence-electron chi connectivity index (χ1n) is 11.3. The molecule has 1 amide bonds. The number of hydrogen-bond donors (Lipinski definition) is 2. The molecule has 0 fully saturated rings. The summed E-state index contributed by atoms with van der Waals surface area (Å²) in [5.41, 5.74) is 4.85. The predicted molar refractivity (Wildman–Crippen MR) is 147 cm³/mol. The maximum atomic E-state index is 13.0. The van der Waals surface area contributed by atoms with Crippen LogP contribution in [0.15, 0.2) is 83.9 Å². The van der Waals surface area contributed by atoms with E-state index < -0.39 is 17.1 Å². The Bertz CT molecular complexity index is 1520. The highest BCUT2D eigenvalue weighted by Crippen LogP contribution is 2.36. The number of nitrogens with zero attached hydrogens (tertiary/aromatic N) is 2. The molecule has 1 heterocycles.